The molecular formula is C17H13NO4S. The summed E-state index contributed by atoms with van der Waals surface area (Å²) in [4.78, 5) is 15.9. The summed E-state index contributed by atoms with van der Waals surface area (Å²) < 4.78 is 10.6. The van der Waals surface area contributed by atoms with Gasteiger partial charge in [0.1, 0.15) is 16.2 Å². The smallest absolute Gasteiger partial charge is 0.342 e. The number of para-hydroxylation sites is 2. The first-order chi connectivity index (χ1) is 11.2. The average molecular weight is 327 g/mol. The molecule has 0 aliphatic rings. The molecule has 3 rings (SSSR count). The summed E-state index contributed by atoms with van der Waals surface area (Å²) in [5.74, 6) is -0.321. The van der Waals surface area contributed by atoms with Crippen LogP contribution in [-0.4, -0.2) is 23.2 Å². The van der Waals surface area contributed by atoms with Crippen LogP contribution in [-0.2, 0) is 4.79 Å². The van der Waals surface area contributed by atoms with E-state index in [1.54, 1.807) is 43.5 Å². The van der Waals surface area contributed by atoms with Gasteiger partial charge in [-0.05, 0) is 47.7 Å². The van der Waals surface area contributed by atoms with Gasteiger partial charge in [-0.25, -0.2) is 9.78 Å². The molecule has 0 saturated carbocycles. The van der Waals surface area contributed by atoms with E-state index in [0.717, 1.165) is 17.3 Å². The van der Waals surface area contributed by atoms with Crippen LogP contribution in [0.2, 0.25) is 0 Å². The minimum atomic E-state index is -1.03. The zero-order chi connectivity index (χ0) is 16.2. The molecule has 6 heteroatoms. The molecule has 0 aliphatic heterocycles. The number of nitrogens with zero attached hydrogens (tertiary/aromatic N) is 1. The predicted octanol–water partition coefficient (Wildman–Crippen LogP) is 4.05. The summed E-state index contributed by atoms with van der Waals surface area (Å²) in [6.07, 6.45) is 1.57. The number of carboxylic acids is 1. The third-order valence-electron chi connectivity index (χ3n) is 3.10. The molecule has 3 aromatic rings. The fraction of sp³-hybridized carbons (Fsp3) is 0.0588. The summed E-state index contributed by atoms with van der Waals surface area (Å²) in [5.41, 5.74) is 2.08. The molecule has 2 aromatic carbocycles. The van der Waals surface area contributed by atoms with Crippen LogP contribution in [0.4, 0.5) is 0 Å². The van der Waals surface area contributed by atoms with Crippen molar-refractivity contribution in [3.8, 4) is 5.75 Å². The number of fused-ring (bicyclic) bond motifs is 1. The van der Waals surface area contributed by atoms with E-state index in [0.29, 0.717) is 22.1 Å². The van der Waals surface area contributed by atoms with Crippen LogP contribution in [0.1, 0.15) is 5.56 Å². The van der Waals surface area contributed by atoms with E-state index in [1.165, 1.54) is 0 Å². The Morgan fingerprint density at radius 3 is 2.61 bits per heavy atom. The second kappa shape index (κ2) is 6.58. The first-order valence-electron chi connectivity index (χ1n) is 6.78. The molecule has 5 nitrogen and oxygen atoms in total. The Balaban J connectivity index is 1.88. The number of hydrogen-bond acceptors (Lipinski definition) is 5. The second-order valence-electron chi connectivity index (χ2n) is 4.64. The van der Waals surface area contributed by atoms with Crippen LogP contribution in [0.5, 0.6) is 5.75 Å². The molecule has 0 saturated heterocycles. The highest BCUT2D eigenvalue weighted by Gasteiger charge is 2.14. The number of benzene rings is 2. The highest BCUT2D eigenvalue weighted by Crippen LogP contribution is 2.30. The van der Waals surface area contributed by atoms with E-state index in [4.69, 9.17) is 9.15 Å². The number of aliphatic carboxylic acids is 1. The predicted molar refractivity (Wildman–Crippen MR) is 88.5 cm³/mol. The number of carbonyl (C=O) groups is 1. The van der Waals surface area contributed by atoms with Gasteiger partial charge in [0.15, 0.2) is 5.58 Å². The van der Waals surface area contributed by atoms with Crippen molar-refractivity contribution in [2.24, 2.45) is 0 Å². The van der Waals surface area contributed by atoms with Crippen LogP contribution in [0.25, 0.3) is 17.2 Å². The Kier molecular flexibility index (Phi) is 4.34. The first kappa shape index (κ1) is 15.2. The van der Waals surface area contributed by atoms with Gasteiger partial charge >= 0.3 is 5.97 Å². The lowest BCUT2D eigenvalue weighted by atomic mass is 10.2. The topological polar surface area (TPSA) is 72.6 Å². The van der Waals surface area contributed by atoms with Crippen LogP contribution in [0.15, 0.2) is 63.1 Å². The number of methoxy groups -OCH3 is 1. The summed E-state index contributed by atoms with van der Waals surface area (Å²) in [6.45, 7) is 0. The van der Waals surface area contributed by atoms with Crippen molar-refractivity contribution in [3.63, 3.8) is 0 Å². The van der Waals surface area contributed by atoms with E-state index in [2.05, 4.69) is 4.98 Å². The number of carboxylic acid groups (broad SMARTS) is 1. The molecule has 1 N–H and O–H groups in total. The Morgan fingerprint density at radius 1 is 1.22 bits per heavy atom. The van der Waals surface area contributed by atoms with Gasteiger partial charge in [-0.1, -0.05) is 24.3 Å². The molecule has 0 radical (unpaired) electrons. The molecular weight excluding hydrogens is 314 g/mol. The molecule has 0 unspecified atom stereocenters. The summed E-state index contributed by atoms with van der Waals surface area (Å²) >= 11 is 0.980. The third kappa shape index (κ3) is 3.54. The summed E-state index contributed by atoms with van der Waals surface area (Å²) in [5, 5.41) is 9.69. The normalized spacial score (nSPS) is 11.6. The minimum Gasteiger partial charge on any atom is -0.497 e. The van der Waals surface area contributed by atoms with Crippen LogP contribution < -0.4 is 4.74 Å². The molecule has 1 heterocycles. The third-order valence-corrected chi connectivity index (χ3v) is 3.96. The molecule has 0 aliphatic carbocycles. The molecule has 0 bridgehead atoms. The van der Waals surface area contributed by atoms with Gasteiger partial charge in [0.05, 0.1) is 7.11 Å². The fourth-order valence-electron chi connectivity index (χ4n) is 1.98. The molecule has 0 atom stereocenters. The second-order valence-corrected chi connectivity index (χ2v) is 5.63. The maximum atomic E-state index is 11.5. The van der Waals surface area contributed by atoms with E-state index >= 15 is 0 Å². The van der Waals surface area contributed by atoms with Gasteiger partial charge in [-0.2, -0.15) is 0 Å². The van der Waals surface area contributed by atoms with Crippen molar-refractivity contribution in [1.29, 1.82) is 0 Å². The molecule has 23 heavy (non-hydrogen) atoms. The monoisotopic (exact) mass is 327 g/mol. The number of ether oxygens (including phenoxy) is 1. The lowest BCUT2D eigenvalue weighted by Crippen LogP contribution is -1.96. The number of rotatable bonds is 5. The number of aromatic nitrogens is 1. The van der Waals surface area contributed by atoms with Gasteiger partial charge in [-0.15, -0.1) is 0 Å². The average Bonchev–Trinajstić information content (AvgIpc) is 2.97. The van der Waals surface area contributed by atoms with Crippen molar-refractivity contribution < 1.29 is 19.1 Å². The number of thioether (sulfide) groups is 1. The van der Waals surface area contributed by atoms with Crippen molar-refractivity contribution in [2.45, 2.75) is 5.22 Å². The lowest BCUT2D eigenvalue weighted by Gasteiger charge is -2.01. The summed E-state index contributed by atoms with van der Waals surface area (Å²) in [6, 6.07) is 14.4. The number of hydrogen-bond donors (Lipinski definition) is 1. The van der Waals surface area contributed by atoms with Crippen LogP contribution in [0, 0.1) is 0 Å². The van der Waals surface area contributed by atoms with Crippen molar-refractivity contribution in [3.05, 3.63) is 59.0 Å². The van der Waals surface area contributed by atoms with Crippen LogP contribution >= 0.6 is 11.8 Å². The van der Waals surface area contributed by atoms with E-state index in [-0.39, 0.29) is 4.91 Å². The highest BCUT2D eigenvalue weighted by molar-refractivity contribution is 8.03. The van der Waals surface area contributed by atoms with E-state index < -0.39 is 5.97 Å². The van der Waals surface area contributed by atoms with Gasteiger partial charge in [-0.3, -0.25) is 0 Å². The maximum Gasteiger partial charge on any atom is 0.342 e. The Bertz CT molecular complexity index is 835. The maximum absolute atomic E-state index is 11.5. The standard InChI is InChI=1S/C17H13NO4S/c1-21-12-8-6-11(7-9-12)10-15(16(19)20)23-17-18-13-4-2-3-5-14(13)22-17/h2-10H,1H3,(H,19,20)/b15-10-. The zero-order valence-corrected chi connectivity index (χ0v) is 13.0. The summed E-state index contributed by atoms with van der Waals surface area (Å²) in [7, 11) is 1.58. The van der Waals surface area contributed by atoms with Gasteiger partial charge < -0.3 is 14.3 Å². The van der Waals surface area contributed by atoms with Gasteiger partial charge in [0.2, 0.25) is 0 Å². The SMILES string of the molecule is COc1ccc(/C=C(\Sc2nc3ccccc3o2)C(=O)O)cc1. The van der Waals surface area contributed by atoms with Gasteiger partial charge in [0, 0.05) is 0 Å². The molecule has 0 amide bonds. The van der Waals surface area contributed by atoms with Crippen molar-refractivity contribution in [2.75, 3.05) is 7.11 Å². The quantitative estimate of drug-likeness (QED) is 0.563. The number of oxazole rings is 1. The Morgan fingerprint density at radius 2 is 1.96 bits per heavy atom. The van der Waals surface area contributed by atoms with Gasteiger partial charge in [0.25, 0.3) is 5.22 Å². The minimum absolute atomic E-state index is 0.127. The molecule has 1 aromatic heterocycles. The fourth-order valence-corrected chi connectivity index (χ4v) is 2.72. The Hall–Kier alpha value is -2.73. The molecule has 0 fully saturated rings. The Labute approximate surface area is 136 Å². The van der Waals surface area contributed by atoms with E-state index in [1.807, 2.05) is 18.2 Å². The largest absolute Gasteiger partial charge is 0.497 e. The highest BCUT2D eigenvalue weighted by atomic mass is 32.2. The van der Waals surface area contributed by atoms with Crippen molar-refractivity contribution >= 4 is 34.9 Å². The molecule has 0 spiro atoms. The van der Waals surface area contributed by atoms with Crippen molar-refractivity contribution in [1.82, 2.24) is 4.98 Å². The van der Waals surface area contributed by atoms with E-state index in [9.17, 15) is 9.90 Å². The lowest BCUT2D eigenvalue weighted by molar-refractivity contribution is -0.131. The van der Waals surface area contributed by atoms with Crippen LogP contribution in [0.3, 0.4) is 0 Å². The molecule has 116 valence electrons. The zero-order valence-electron chi connectivity index (χ0n) is 12.2. The first-order valence-corrected chi connectivity index (χ1v) is 7.60.